The lowest BCUT2D eigenvalue weighted by molar-refractivity contribution is -0.161. The van der Waals surface area contributed by atoms with Crippen LogP contribution >= 0.6 is 0 Å². The molecule has 1 amide bonds. The number of rotatable bonds is 5. The maximum atomic E-state index is 12.3. The van der Waals surface area contributed by atoms with Gasteiger partial charge in [-0.25, -0.2) is 13.2 Å². The number of sulfone groups is 1. The number of piperidine rings is 1. The van der Waals surface area contributed by atoms with Gasteiger partial charge in [-0.1, -0.05) is 0 Å². The van der Waals surface area contributed by atoms with Crippen LogP contribution in [0.25, 0.3) is 0 Å². The van der Waals surface area contributed by atoms with Crippen molar-refractivity contribution in [1.29, 1.82) is 0 Å². The average Bonchev–Trinajstić information content (AvgIpc) is 2.34. The number of carboxylic acid groups (broad SMARTS) is 1. The molecule has 0 aromatic carbocycles. The number of hydrogen-bond donors (Lipinski definition) is 2. The fourth-order valence-electron chi connectivity index (χ4n) is 2.36. The number of nitrogens with zero attached hydrogens (tertiary/aromatic N) is 1. The third-order valence-electron chi connectivity index (χ3n) is 3.73. The number of amides is 1. The van der Waals surface area contributed by atoms with E-state index in [2.05, 4.69) is 0 Å². The van der Waals surface area contributed by atoms with Crippen LogP contribution in [0, 0.1) is 0 Å². The monoisotopic (exact) mass is 306 g/mol. The van der Waals surface area contributed by atoms with Crippen LogP contribution in [0.15, 0.2) is 0 Å². The van der Waals surface area contributed by atoms with E-state index in [1.807, 2.05) is 0 Å². The quantitative estimate of drug-likeness (QED) is 0.714. The van der Waals surface area contributed by atoms with Gasteiger partial charge >= 0.3 is 5.97 Å². The van der Waals surface area contributed by atoms with Gasteiger partial charge < -0.3 is 15.7 Å². The summed E-state index contributed by atoms with van der Waals surface area (Å²) in [5.74, 6) is -1.73. The number of carboxylic acids is 1. The second-order valence-electron chi connectivity index (χ2n) is 5.55. The van der Waals surface area contributed by atoms with Gasteiger partial charge in [0, 0.05) is 12.8 Å². The van der Waals surface area contributed by atoms with Crippen molar-refractivity contribution in [2.45, 2.75) is 44.2 Å². The number of likely N-dealkylation sites (tertiary alicyclic amines) is 1. The molecule has 1 fully saturated rings. The Hall–Kier alpha value is -1.15. The molecule has 0 aromatic rings. The molecule has 3 N–H and O–H groups in total. The van der Waals surface area contributed by atoms with Crippen LogP contribution in [0.5, 0.6) is 0 Å². The molecule has 0 aromatic heterocycles. The lowest BCUT2D eigenvalue weighted by Gasteiger charge is -2.42. The van der Waals surface area contributed by atoms with Crippen molar-refractivity contribution in [2.24, 2.45) is 5.73 Å². The van der Waals surface area contributed by atoms with E-state index in [1.165, 1.54) is 11.8 Å². The number of carbonyl (C=O) groups is 2. The summed E-state index contributed by atoms with van der Waals surface area (Å²) in [4.78, 5) is 25.0. The van der Waals surface area contributed by atoms with Gasteiger partial charge in [0.15, 0.2) is 0 Å². The topological polar surface area (TPSA) is 118 Å². The number of aliphatic carboxylic acids is 1. The molecule has 0 radical (unpaired) electrons. The molecule has 1 aliphatic rings. The maximum Gasteiger partial charge on any atom is 0.329 e. The molecule has 2 unspecified atom stereocenters. The Morgan fingerprint density at radius 2 is 2.00 bits per heavy atom. The molecular formula is C12H22N2O5S. The first-order valence-electron chi connectivity index (χ1n) is 6.56. The van der Waals surface area contributed by atoms with E-state index in [9.17, 15) is 23.1 Å². The molecule has 116 valence electrons. The van der Waals surface area contributed by atoms with Crippen molar-refractivity contribution in [3.8, 4) is 0 Å². The van der Waals surface area contributed by atoms with Gasteiger partial charge in [0.25, 0.3) is 0 Å². The molecular weight excluding hydrogens is 284 g/mol. The minimum atomic E-state index is -3.20. The largest absolute Gasteiger partial charge is 0.480 e. The smallest absolute Gasteiger partial charge is 0.329 e. The predicted octanol–water partition coefficient (Wildman–Crippen LogP) is -0.396. The van der Waals surface area contributed by atoms with E-state index < -0.39 is 33.3 Å². The Labute approximate surface area is 119 Å². The van der Waals surface area contributed by atoms with E-state index in [0.29, 0.717) is 13.0 Å². The van der Waals surface area contributed by atoms with Crippen molar-refractivity contribution in [1.82, 2.24) is 4.90 Å². The molecule has 0 saturated carbocycles. The zero-order chi connectivity index (χ0) is 15.6. The Morgan fingerprint density at radius 1 is 1.40 bits per heavy atom. The molecule has 1 saturated heterocycles. The van der Waals surface area contributed by atoms with E-state index in [0.717, 1.165) is 19.1 Å². The third kappa shape index (κ3) is 3.92. The Morgan fingerprint density at radius 3 is 2.50 bits per heavy atom. The van der Waals surface area contributed by atoms with E-state index >= 15 is 0 Å². The first-order chi connectivity index (χ1) is 9.08. The van der Waals surface area contributed by atoms with E-state index in [1.54, 1.807) is 0 Å². The molecule has 0 spiro atoms. The highest BCUT2D eigenvalue weighted by atomic mass is 32.2. The zero-order valence-corrected chi connectivity index (χ0v) is 12.6. The van der Waals surface area contributed by atoms with Crippen LogP contribution in [0.3, 0.4) is 0 Å². The van der Waals surface area contributed by atoms with Gasteiger partial charge in [-0.2, -0.15) is 0 Å². The van der Waals surface area contributed by atoms with Gasteiger partial charge in [-0.15, -0.1) is 0 Å². The van der Waals surface area contributed by atoms with Gasteiger partial charge in [0.05, 0.1) is 11.8 Å². The first kappa shape index (κ1) is 16.9. The molecule has 7 nitrogen and oxygen atoms in total. The lowest BCUT2D eigenvalue weighted by atomic mass is 9.87. The predicted molar refractivity (Wildman–Crippen MR) is 73.9 cm³/mol. The number of hydrogen-bond acceptors (Lipinski definition) is 5. The Kier molecular flexibility index (Phi) is 5.15. The Bertz CT molecular complexity index is 490. The summed E-state index contributed by atoms with van der Waals surface area (Å²) in [5, 5.41) is 9.33. The second-order valence-corrected chi connectivity index (χ2v) is 7.81. The summed E-state index contributed by atoms with van der Waals surface area (Å²) in [6, 6.07) is -0.985. The molecule has 1 rings (SSSR count). The van der Waals surface area contributed by atoms with Crippen molar-refractivity contribution in [3.63, 3.8) is 0 Å². The summed E-state index contributed by atoms with van der Waals surface area (Å²) in [6.45, 7) is 1.85. The van der Waals surface area contributed by atoms with Crippen LogP contribution in [0.4, 0.5) is 0 Å². The highest BCUT2D eigenvalue weighted by Crippen LogP contribution is 2.28. The first-order valence-corrected chi connectivity index (χ1v) is 8.62. The Balaban J connectivity index is 2.80. The lowest BCUT2D eigenvalue weighted by Crippen LogP contribution is -2.61. The van der Waals surface area contributed by atoms with Crippen LogP contribution in [-0.4, -0.2) is 60.4 Å². The molecule has 0 aliphatic carbocycles. The van der Waals surface area contributed by atoms with Crippen molar-refractivity contribution >= 4 is 21.7 Å². The summed E-state index contributed by atoms with van der Waals surface area (Å²) < 4.78 is 22.2. The summed E-state index contributed by atoms with van der Waals surface area (Å²) in [7, 11) is -3.20. The van der Waals surface area contributed by atoms with Crippen molar-refractivity contribution < 1.29 is 23.1 Å². The van der Waals surface area contributed by atoms with Gasteiger partial charge in [0.1, 0.15) is 15.4 Å². The van der Waals surface area contributed by atoms with Crippen molar-refractivity contribution in [3.05, 3.63) is 0 Å². The molecule has 1 aliphatic heterocycles. The minimum Gasteiger partial charge on any atom is -0.480 e. The van der Waals surface area contributed by atoms with Crippen LogP contribution < -0.4 is 5.73 Å². The fourth-order valence-corrected chi connectivity index (χ4v) is 3.04. The maximum absolute atomic E-state index is 12.3. The van der Waals surface area contributed by atoms with Crippen LogP contribution in [0.1, 0.15) is 32.6 Å². The fraction of sp³-hybridized carbons (Fsp3) is 0.833. The molecule has 2 atom stereocenters. The SMILES string of the molecule is CC1(C(=O)O)CCCCN1C(=O)C(N)CCS(C)(=O)=O. The van der Waals surface area contributed by atoms with E-state index in [4.69, 9.17) is 5.73 Å². The van der Waals surface area contributed by atoms with Gasteiger partial charge in [-0.05, 0) is 32.6 Å². The summed E-state index contributed by atoms with van der Waals surface area (Å²) >= 11 is 0. The van der Waals surface area contributed by atoms with Gasteiger partial charge in [-0.3, -0.25) is 4.79 Å². The highest BCUT2D eigenvalue weighted by molar-refractivity contribution is 7.90. The second kappa shape index (κ2) is 6.09. The molecule has 0 bridgehead atoms. The third-order valence-corrected chi connectivity index (χ3v) is 4.71. The standard InChI is InChI=1S/C12H22N2O5S/c1-12(11(16)17)6-3-4-7-14(12)10(15)9(13)5-8-20(2,18)19/h9H,3-8,13H2,1-2H3,(H,16,17). The minimum absolute atomic E-state index is 0.00384. The molecule has 20 heavy (non-hydrogen) atoms. The average molecular weight is 306 g/mol. The summed E-state index contributed by atoms with van der Waals surface area (Å²) in [6.07, 6.45) is 2.93. The molecule has 8 heteroatoms. The molecule has 1 heterocycles. The normalized spacial score (nSPS) is 25.2. The van der Waals surface area contributed by atoms with E-state index in [-0.39, 0.29) is 12.2 Å². The highest BCUT2D eigenvalue weighted by Gasteiger charge is 2.44. The summed E-state index contributed by atoms with van der Waals surface area (Å²) in [5.41, 5.74) is 4.48. The van der Waals surface area contributed by atoms with Crippen molar-refractivity contribution in [2.75, 3.05) is 18.6 Å². The zero-order valence-electron chi connectivity index (χ0n) is 11.8. The van der Waals surface area contributed by atoms with Gasteiger partial charge in [0.2, 0.25) is 5.91 Å². The number of nitrogens with two attached hydrogens (primary N) is 1. The number of carbonyl (C=O) groups excluding carboxylic acids is 1. The van der Waals surface area contributed by atoms with Crippen LogP contribution in [-0.2, 0) is 19.4 Å². The van der Waals surface area contributed by atoms with Crippen LogP contribution in [0.2, 0.25) is 0 Å².